The highest BCUT2D eigenvalue weighted by Gasteiger charge is 2.30. The number of hydrogen-bond donors (Lipinski definition) is 3. The molecule has 0 aliphatic carbocycles. The minimum Gasteiger partial charge on any atom is -0.462 e. The molecule has 0 spiro atoms. The highest BCUT2D eigenvalue weighted by molar-refractivity contribution is 7.47. The molecule has 0 aliphatic heterocycles. The Morgan fingerprint density at radius 3 is 0.855 bits per heavy atom. The van der Waals surface area contributed by atoms with E-state index in [1.54, 1.807) is 0 Å². The van der Waals surface area contributed by atoms with Crippen molar-refractivity contribution in [1.29, 1.82) is 0 Å². The molecule has 0 rings (SSSR count). The number of phosphoric ester groups is 2. The third-order valence-electron chi connectivity index (χ3n) is 15.1. The van der Waals surface area contributed by atoms with Crippen LogP contribution in [0.1, 0.15) is 324 Å². The fourth-order valence-corrected chi connectivity index (χ4v) is 11.1. The molecule has 0 radical (unpaired) electrons. The van der Waals surface area contributed by atoms with Crippen LogP contribution in [0.2, 0.25) is 0 Å². The highest BCUT2D eigenvalue weighted by atomic mass is 31.2. The molecule has 0 aromatic carbocycles. The lowest BCUT2D eigenvalue weighted by Crippen LogP contribution is -2.30. The normalized spacial score (nSPS) is 14.6. The van der Waals surface area contributed by atoms with Crippen molar-refractivity contribution in [2.45, 2.75) is 342 Å². The van der Waals surface area contributed by atoms with Crippen molar-refractivity contribution in [3.05, 3.63) is 0 Å². The fourth-order valence-electron chi connectivity index (χ4n) is 9.55. The Labute approximate surface area is 505 Å². The zero-order chi connectivity index (χ0) is 61.3. The largest absolute Gasteiger partial charge is 0.472 e. The lowest BCUT2D eigenvalue weighted by molar-refractivity contribution is -0.161. The lowest BCUT2D eigenvalue weighted by Gasteiger charge is -2.21. The maximum absolute atomic E-state index is 13.0. The van der Waals surface area contributed by atoms with Crippen molar-refractivity contribution >= 4 is 39.5 Å². The second-order valence-corrected chi connectivity index (χ2v) is 26.3. The van der Waals surface area contributed by atoms with Gasteiger partial charge in [-0.2, -0.15) is 0 Å². The molecule has 0 saturated carbocycles. The van der Waals surface area contributed by atoms with Gasteiger partial charge < -0.3 is 33.8 Å². The van der Waals surface area contributed by atoms with Crippen LogP contribution in [0.25, 0.3) is 0 Å². The molecule has 17 nitrogen and oxygen atoms in total. The molecule has 0 aromatic heterocycles. The molecular formula is C64H124O17P2. The Kier molecular flexibility index (Phi) is 56.4. The predicted octanol–water partition coefficient (Wildman–Crippen LogP) is 17.8. The fraction of sp³-hybridized carbons (Fsp3) is 0.938. The minimum absolute atomic E-state index is 0.105. The number of carbonyl (C=O) groups is 4. The summed E-state index contributed by atoms with van der Waals surface area (Å²) in [5.41, 5.74) is 0. The van der Waals surface area contributed by atoms with Gasteiger partial charge in [-0.1, -0.05) is 272 Å². The summed E-state index contributed by atoms with van der Waals surface area (Å²) >= 11 is 0. The maximum Gasteiger partial charge on any atom is 0.472 e. The average Bonchev–Trinajstić information content (AvgIpc) is 3.47. The van der Waals surface area contributed by atoms with Crippen molar-refractivity contribution in [1.82, 2.24) is 0 Å². The van der Waals surface area contributed by atoms with E-state index in [4.69, 9.17) is 37.0 Å². The van der Waals surface area contributed by atoms with Gasteiger partial charge in [0.2, 0.25) is 0 Å². The number of phosphoric acid groups is 2. The zero-order valence-corrected chi connectivity index (χ0v) is 55.1. The van der Waals surface area contributed by atoms with E-state index >= 15 is 0 Å². The summed E-state index contributed by atoms with van der Waals surface area (Å²) in [5, 5.41) is 10.5. The molecule has 0 aliphatic rings. The van der Waals surface area contributed by atoms with Crippen LogP contribution >= 0.6 is 15.6 Å². The Morgan fingerprint density at radius 1 is 0.337 bits per heavy atom. The number of esters is 4. The Balaban J connectivity index is 5.15. The van der Waals surface area contributed by atoms with Crippen LogP contribution < -0.4 is 0 Å². The second-order valence-electron chi connectivity index (χ2n) is 23.4. The third kappa shape index (κ3) is 57.6. The van der Waals surface area contributed by atoms with Crippen LogP contribution in [0.15, 0.2) is 0 Å². The van der Waals surface area contributed by atoms with E-state index in [-0.39, 0.29) is 25.7 Å². The van der Waals surface area contributed by atoms with E-state index in [1.807, 2.05) is 0 Å². The number of hydrogen-bond acceptors (Lipinski definition) is 15. The molecule has 0 amide bonds. The van der Waals surface area contributed by atoms with E-state index in [0.29, 0.717) is 25.7 Å². The second kappa shape index (κ2) is 57.8. The number of aliphatic hydroxyl groups is 1. The highest BCUT2D eigenvalue weighted by Crippen LogP contribution is 2.45. The van der Waals surface area contributed by atoms with Crippen molar-refractivity contribution < 1.29 is 80.2 Å². The monoisotopic (exact) mass is 1230 g/mol. The Bertz CT molecular complexity index is 1620. The number of carbonyl (C=O) groups excluding carboxylic acids is 4. The van der Waals surface area contributed by atoms with E-state index in [0.717, 1.165) is 102 Å². The standard InChI is InChI=1S/C64H124O17P2/c1-6-10-13-16-18-20-21-22-23-24-25-26-27-29-35-40-45-50-64(69)81-60(54-75-62(67)48-43-38-33-31-30-32-37-41-46-57(5)9-4)56-79-83(72,73)77-52-58(65)51-76-82(70,71)78-55-59(53-74-61(66)47-42-36-15-12-8-3)80-63(68)49-44-39-34-28-19-17-14-11-7-2/h57-60,65H,6-56H2,1-5H3,(H,70,71)(H,72,73)/t57?,58-,59+,60+/m0/s1. The summed E-state index contributed by atoms with van der Waals surface area (Å²) in [6.07, 6.45) is 42.0. The first-order valence-corrected chi connectivity index (χ1v) is 36.7. The summed E-state index contributed by atoms with van der Waals surface area (Å²) in [4.78, 5) is 71.9. The van der Waals surface area contributed by atoms with Crippen LogP contribution in [-0.4, -0.2) is 96.7 Å². The summed E-state index contributed by atoms with van der Waals surface area (Å²) < 4.78 is 67.8. The molecular weight excluding hydrogens is 1100 g/mol. The van der Waals surface area contributed by atoms with E-state index < -0.39 is 97.5 Å². The van der Waals surface area contributed by atoms with Crippen molar-refractivity contribution in [2.24, 2.45) is 5.92 Å². The maximum atomic E-state index is 13.0. The quantitative estimate of drug-likeness (QED) is 0.0222. The predicted molar refractivity (Wildman–Crippen MR) is 331 cm³/mol. The number of aliphatic hydroxyl groups excluding tert-OH is 1. The van der Waals surface area contributed by atoms with Crippen LogP contribution in [-0.2, 0) is 65.4 Å². The topological polar surface area (TPSA) is 237 Å². The molecule has 19 heteroatoms. The molecule has 0 bridgehead atoms. The van der Waals surface area contributed by atoms with Gasteiger partial charge >= 0.3 is 39.5 Å². The smallest absolute Gasteiger partial charge is 0.462 e. The van der Waals surface area contributed by atoms with Crippen LogP contribution in [0.3, 0.4) is 0 Å². The number of ether oxygens (including phenoxy) is 4. The van der Waals surface area contributed by atoms with Crippen LogP contribution in [0.5, 0.6) is 0 Å². The SMILES string of the molecule is CCCCCCCCCCCCCCCCCCCC(=O)O[C@H](COC(=O)CCCCCCCCCCC(C)CC)COP(=O)(O)OC[C@@H](O)COP(=O)(O)OC[C@@H](COC(=O)CCCCCCC)OC(=O)CCCCCCCCCCC. The third-order valence-corrected chi connectivity index (χ3v) is 17.0. The van der Waals surface area contributed by atoms with Crippen molar-refractivity contribution in [2.75, 3.05) is 39.6 Å². The van der Waals surface area contributed by atoms with E-state index in [1.165, 1.54) is 141 Å². The van der Waals surface area contributed by atoms with Crippen LogP contribution in [0, 0.1) is 5.92 Å². The molecule has 0 saturated heterocycles. The minimum atomic E-state index is -4.94. The van der Waals surface area contributed by atoms with Gasteiger partial charge in [-0.05, 0) is 31.6 Å². The molecule has 6 atom stereocenters. The van der Waals surface area contributed by atoms with Gasteiger partial charge in [0.25, 0.3) is 0 Å². The first kappa shape index (κ1) is 81.1. The summed E-state index contributed by atoms with van der Waals surface area (Å²) in [7, 11) is -9.88. The Hall–Kier alpha value is -1.94. The van der Waals surface area contributed by atoms with Gasteiger partial charge in [-0.25, -0.2) is 9.13 Å². The van der Waals surface area contributed by atoms with E-state index in [2.05, 4.69) is 34.6 Å². The number of unbranched alkanes of at least 4 members (excludes halogenated alkanes) is 35. The summed E-state index contributed by atoms with van der Waals surface area (Å²) in [6, 6.07) is 0. The molecule has 3 N–H and O–H groups in total. The van der Waals surface area contributed by atoms with Crippen LogP contribution in [0.4, 0.5) is 0 Å². The zero-order valence-electron chi connectivity index (χ0n) is 53.3. The molecule has 0 aromatic rings. The Morgan fingerprint density at radius 2 is 0.578 bits per heavy atom. The van der Waals surface area contributed by atoms with E-state index in [9.17, 15) is 43.2 Å². The molecule has 83 heavy (non-hydrogen) atoms. The molecule has 0 fully saturated rings. The van der Waals surface area contributed by atoms with Gasteiger partial charge in [-0.3, -0.25) is 37.3 Å². The first-order chi connectivity index (χ1) is 40.1. The summed E-state index contributed by atoms with van der Waals surface area (Å²) in [5.74, 6) is -1.37. The molecule has 492 valence electrons. The van der Waals surface area contributed by atoms with Gasteiger partial charge in [0, 0.05) is 25.7 Å². The van der Waals surface area contributed by atoms with Crippen molar-refractivity contribution in [3.8, 4) is 0 Å². The average molecular weight is 1230 g/mol. The molecule has 0 heterocycles. The van der Waals surface area contributed by atoms with Crippen molar-refractivity contribution in [3.63, 3.8) is 0 Å². The summed E-state index contributed by atoms with van der Waals surface area (Å²) in [6.45, 7) is 7.10. The van der Waals surface area contributed by atoms with Gasteiger partial charge in [0.05, 0.1) is 26.4 Å². The van der Waals surface area contributed by atoms with Gasteiger partial charge in [-0.15, -0.1) is 0 Å². The first-order valence-electron chi connectivity index (χ1n) is 33.7. The number of rotatable bonds is 64. The molecule has 3 unspecified atom stereocenters. The van der Waals surface area contributed by atoms with Gasteiger partial charge in [0.15, 0.2) is 12.2 Å². The lowest BCUT2D eigenvalue weighted by atomic mass is 9.99. The van der Waals surface area contributed by atoms with Gasteiger partial charge in [0.1, 0.15) is 19.3 Å².